The predicted molar refractivity (Wildman–Crippen MR) is 71.1 cm³/mol. The molecule has 4 heteroatoms. The Kier molecular flexibility index (Phi) is 3.84. The number of hydrogen-bond acceptors (Lipinski definition) is 3. The molecule has 1 fully saturated rings. The molecule has 0 spiro atoms. The average Bonchev–Trinajstić information content (AvgIpc) is 2.83. The summed E-state index contributed by atoms with van der Waals surface area (Å²) < 4.78 is 0. The minimum absolute atomic E-state index is 0.120. The van der Waals surface area contributed by atoms with Crippen LogP contribution >= 0.6 is 11.3 Å². The number of carbonyl (C=O) groups is 1. The highest BCUT2D eigenvalue weighted by Crippen LogP contribution is 2.29. The number of amides is 1. The van der Waals surface area contributed by atoms with Crippen molar-refractivity contribution in [3.8, 4) is 0 Å². The Morgan fingerprint density at radius 1 is 1.53 bits per heavy atom. The molecule has 0 unspecified atom stereocenters. The zero-order valence-corrected chi connectivity index (χ0v) is 11.3. The third-order valence-electron chi connectivity index (χ3n) is 3.57. The molecular formula is C13H20N2OS. The maximum Gasteiger partial charge on any atom is 0.226 e. The number of carbonyl (C=O) groups excluding carboxylic acids is 1. The van der Waals surface area contributed by atoms with E-state index in [4.69, 9.17) is 0 Å². The highest BCUT2D eigenvalue weighted by molar-refractivity contribution is 7.10. The maximum atomic E-state index is 12.3. The first-order chi connectivity index (χ1) is 8.12. The Balaban J connectivity index is 1.96. The Hall–Kier alpha value is -0.870. The van der Waals surface area contributed by atoms with Gasteiger partial charge < -0.3 is 10.6 Å². The summed E-state index contributed by atoms with van der Waals surface area (Å²) >= 11 is 1.69. The van der Waals surface area contributed by atoms with Crippen LogP contribution in [0.25, 0.3) is 0 Å². The zero-order valence-electron chi connectivity index (χ0n) is 10.5. The third-order valence-corrected chi connectivity index (χ3v) is 4.63. The second-order valence-corrected chi connectivity index (χ2v) is 6.00. The van der Waals surface area contributed by atoms with Crippen LogP contribution in [0.15, 0.2) is 17.5 Å². The van der Waals surface area contributed by atoms with Gasteiger partial charge in [-0.15, -0.1) is 11.3 Å². The van der Waals surface area contributed by atoms with Gasteiger partial charge in [-0.2, -0.15) is 0 Å². The highest BCUT2D eigenvalue weighted by atomic mass is 32.1. The van der Waals surface area contributed by atoms with Crippen molar-refractivity contribution in [1.82, 2.24) is 10.6 Å². The third kappa shape index (κ3) is 2.87. The number of thiophene rings is 1. The number of rotatable bonds is 3. The van der Waals surface area contributed by atoms with Crippen LogP contribution in [0.1, 0.15) is 37.6 Å². The van der Waals surface area contributed by atoms with E-state index in [0.29, 0.717) is 0 Å². The van der Waals surface area contributed by atoms with E-state index in [1.807, 2.05) is 18.4 Å². The first-order valence-corrected chi connectivity index (χ1v) is 7.05. The van der Waals surface area contributed by atoms with Gasteiger partial charge in [-0.05, 0) is 44.3 Å². The molecule has 0 aliphatic carbocycles. The Morgan fingerprint density at radius 2 is 2.24 bits per heavy atom. The van der Waals surface area contributed by atoms with Gasteiger partial charge >= 0.3 is 0 Å². The van der Waals surface area contributed by atoms with Gasteiger partial charge in [-0.25, -0.2) is 0 Å². The molecule has 2 rings (SSSR count). The molecule has 1 saturated heterocycles. The Bertz CT molecular complexity index is 369. The SMILES string of the molecule is C[C@@H](NC(=O)C1(C)CCNCC1)c1cccs1. The lowest BCUT2D eigenvalue weighted by Crippen LogP contribution is -2.46. The largest absolute Gasteiger partial charge is 0.348 e. The fraction of sp³-hybridized carbons (Fsp3) is 0.615. The maximum absolute atomic E-state index is 12.3. The fourth-order valence-electron chi connectivity index (χ4n) is 2.19. The van der Waals surface area contributed by atoms with Crippen LogP contribution in [-0.4, -0.2) is 19.0 Å². The Morgan fingerprint density at radius 3 is 2.82 bits per heavy atom. The summed E-state index contributed by atoms with van der Waals surface area (Å²) in [6, 6.07) is 4.21. The van der Waals surface area contributed by atoms with Gasteiger partial charge in [0.2, 0.25) is 5.91 Å². The lowest BCUT2D eigenvalue weighted by atomic mass is 9.80. The average molecular weight is 252 g/mol. The summed E-state index contributed by atoms with van der Waals surface area (Å²) in [5.74, 6) is 0.194. The predicted octanol–water partition coefficient (Wildman–Crippen LogP) is 2.32. The van der Waals surface area contributed by atoms with Crippen molar-refractivity contribution in [3.05, 3.63) is 22.4 Å². The van der Waals surface area contributed by atoms with Gasteiger partial charge in [-0.3, -0.25) is 4.79 Å². The van der Waals surface area contributed by atoms with Crippen LogP contribution in [0.5, 0.6) is 0 Å². The molecule has 2 heterocycles. The van der Waals surface area contributed by atoms with Gasteiger partial charge in [-0.1, -0.05) is 13.0 Å². The molecule has 1 aliphatic heterocycles. The minimum atomic E-state index is -0.198. The van der Waals surface area contributed by atoms with E-state index in [0.717, 1.165) is 25.9 Å². The summed E-state index contributed by atoms with van der Waals surface area (Å²) in [4.78, 5) is 13.5. The van der Waals surface area contributed by atoms with Crippen molar-refractivity contribution in [2.75, 3.05) is 13.1 Å². The number of hydrogen-bond donors (Lipinski definition) is 2. The highest BCUT2D eigenvalue weighted by Gasteiger charge is 2.35. The van der Waals surface area contributed by atoms with Crippen LogP contribution in [0.2, 0.25) is 0 Å². The van der Waals surface area contributed by atoms with Crippen LogP contribution < -0.4 is 10.6 Å². The van der Waals surface area contributed by atoms with Crippen LogP contribution in [0, 0.1) is 5.41 Å². The molecule has 1 aliphatic rings. The molecule has 0 bridgehead atoms. The van der Waals surface area contributed by atoms with Crippen LogP contribution in [-0.2, 0) is 4.79 Å². The van der Waals surface area contributed by atoms with E-state index in [9.17, 15) is 4.79 Å². The molecule has 0 aromatic carbocycles. The summed E-state index contributed by atoms with van der Waals surface area (Å²) in [6.45, 7) is 6.01. The standard InChI is InChI=1S/C13H20N2OS/c1-10(11-4-3-9-17-11)15-12(16)13(2)5-7-14-8-6-13/h3-4,9-10,14H,5-8H2,1-2H3,(H,15,16)/t10-/m1/s1. The van der Waals surface area contributed by atoms with Gasteiger partial charge in [0, 0.05) is 10.3 Å². The van der Waals surface area contributed by atoms with Crippen LogP contribution in [0.4, 0.5) is 0 Å². The van der Waals surface area contributed by atoms with E-state index in [-0.39, 0.29) is 17.4 Å². The second-order valence-electron chi connectivity index (χ2n) is 5.02. The lowest BCUT2D eigenvalue weighted by Gasteiger charge is -2.33. The molecular weight excluding hydrogens is 232 g/mol. The van der Waals surface area contributed by atoms with Crippen molar-refractivity contribution in [2.45, 2.75) is 32.7 Å². The van der Waals surface area contributed by atoms with Crippen molar-refractivity contribution < 1.29 is 4.79 Å². The van der Waals surface area contributed by atoms with Crippen molar-refractivity contribution in [3.63, 3.8) is 0 Å². The topological polar surface area (TPSA) is 41.1 Å². The van der Waals surface area contributed by atoms with Gasteiger partial charge in [0.1, 0.15) is 0 Å². The van der Waals surface area contributed by atoms with E-state index in [1.165, 1.54) is 4.88 Å². The molecule has 1 amide bonds. The summed E-state index contributed by atoms with van der Waals surface area (Å²) in [6.07, 6.45) is 1.85. The van der Waals surface area contributed by atoms with Crippen molar-refractivity contribution in [1.29, 1.82) is 0 Å². The molecule has 0 saturated carbocycles. The molecule has 1 aromatic rings. The molecule has 94 valence electrons. The monoisotopic (exact) mass is 252 g/mol. The van der Waals surface area contributed by atoms with Crippen molar-refractivity contribution >= 4 is 17.2 Å². The van der Waals surface area contributed by atoms with E-state index in [1.54, 1.807) is 11.3 Å². The normalized spacial score (nSPS) is 20.8. The summed E-state index contributed by atoms with van der Waals surface area (Å²) in [5, 5.41) is 8.48. The molecule has 0 radical (unpaired) electrons. The molecule has 3 nitrogen and oxygen atoms in total. The molecule has 1 aromatic heterocycles. The summed E-state index contributed by atoms with van der Waals surface area (Å²) in [7, 11) is 0. The minimum Gasteiger partial charge on any atom is -0.348 e. The first-order valence-electron chi connectivity index (χ1n) is 6.17. The van der Waals surface area contributed by atoms with Crippen molar-refractivity contribution in [2.24, 2.45) is 5.41 Å². The number of nitrogens with one attached hydrogen (secondary N) is 2. The smallest absolute Gasteiger partial charge is 0.226 e. The Labute approximate surface area is 107 Å². The second kappa shape index (κ2) is 5.19. The van der Waals surface area contributed by atoms with Gasteiger partial charge in [0.25, 0.3) is 0 Å². The first kappa shape index (κ1) is 12.6. The zero-order chi connectivity index (χ0) is 12.3. The fourth-order valence-corrected chi connectivity index (χ4v) is 2.92. The van der Waals surface area contributed by atoms with E-state index in [2.05, 4.69) is 23.6 Å². The lowest BCUT2D eigenvalue weighted by molar-refractivity contribution is -0.132. The number of piperidine rings is 1. The molecule has 17 heavy (non-hydrogen) atoms. The van der Waals surface area contributed by atoms with Crippen LogP contribution in [0.3, 0.4) is 0 Å². The molecule has 2 N–H and O–H groups in total. The van der Waals surface area contributed by atoms with E-state index < -0.39 is 0 Å². The summed E-state index contributed by atoms with van der Waals surface area (Å²) in [5.41, 5.74) is -0.198. The van der Waals surface area contributed by atoms with Gasteiger partial charge in [0.05, 0.1) is 6.04 Å². The van der Waals surface area contributed by atoms with E-state index >= 15 is 0 Å². The van der Waals surface area contributed by atoms with Gasteiger partial charge in [0.15, 0.2) is 0 Å². The molecule has 1 atom stereocenters. The quantitative estimate of drug-likeness (QED) is 0.867.